The molecule has 0 aromatic heterocycles. The van der Waals surface area contributed by atoms with Crippen molar-refractivity contribution in [2.75, 3.05) is 0 Å². The summed E-state index contributed by atoms with van der Waals surface area (Å²) in [5, 5.41) is 3.38. The summed E-state index contributed by atoms with van der Waals surface area (Å²) in [5.41, 5.74) is 0. The Bertz CT molecular complexity index is 295. The van der Waals surface area contributed by atoms with Crippen LogP contribution in [-0.4, -0.2) is 11.9 Å². The molecule has 0 heterocycles. The Labute approximate surface area is 111 Å². The van der Waals surface area contributed by atoms with Gasteiger partial charge in [0.2, 0.25) is 5.91 Å². The first kappa shape index (κ1) is 12.5. The fourth-order valence-corrected chi connectivity index (χ4v) is 4.84. The van der Waals surface area contributed by atoms with Crippen molar-refractivity contribution in [3.8, 4) is 0 Å². The third-order valence-electron chi connectivity index (χ3n) is 5.50. The quantitative estimate of drug-likeness (QED) is 0.813. The Morgan fingerprint density at radius 2 is 1.61 bits per heavy atom. The molecular formula is C16H27NO. The van der Waals surface area contributed by atoms with Gasteiger partial charge < -0.3 is 5.32 Å². The minimum Gasteiger partial charge on any atom is -0.353 e. The van der Waals surface area contributed by atoms with Crippen molar-refractivity contribution in [1.82, 2.24) is 5.32 Å². The van der Waals surface area contributed by atoms with Crippen LogP contribution >= 0.6 is 0 Å². The molecule has 4 bridgehead atoms. The molecular weight excluding hydrogens is 222 g/mol. The summed E-state index contributed by atoms with van der Waals surface area (Å²) < 4.78 is 0. The van der Waals surface area contributed by atoms with Crippen molar-refractivity contribution < 1.29 is 4.79 Å². The molecule has 1 N–H and O–H groups in total. The van der Waals surface area contributed by atoms with Gasteiger partial charge in [-0.2, -0.15) is 0 Å². The molecule has 0 atom stereocenters. The summed E-state index contributed by atoms with van der Waals surface area (Å²) in [6.45, 7) is 4.38. The molecule has 4 saturated carbocycles. The highest BCUT2D eigenvalue weighted by molar-refractivity contribution is 5.76. The molecule has 0 unspecified atom stereocenters. The summed E-state index contributed by atoms with van der Waals surface area (Å²) >= 11 is 0. The van der Waals surface area contributed by atoms with E-state index in [9.17, 15) is 4.79 Å². The van der Waals surface area contributed by atoms with Gasteiger partial charge in [0.1, 0.15) is 0 Å². The lowest BCUT2D eigenvalue weighted by Crippen LogP contribution is -2.55. The van der Waals surface area contributed by atoms with Gasteiger partial charge in [-0.05, 0) is 68.1 Å². The first-order valence-corrected chi connectivity index (χ1v) is 7.91. The Morgan fingerprint density at radius 3 is 2.11 bits per heavy atom. The summed E-state index contributed by atoms with van der Waals surface area (Å²) in [4.78, 5) is 12.0. The molecule has 4 aliphatic rings. The molecule has 0 radical (unpaired) electrons. The van der Waals surface area contributed by atoms with Crippen LogP contribution in [0.3, 0.4) is 0 Å². The Balaban J connectivity index is 1.55. The topological polar surface area (TPSA) is 29.1 Å². The van der Waals surface area contributed by atoms with Crippen LogP contribution < -0.4 is 5.32 Å². The second-order valence-corrected chi connectivity index (χ2v) is 7.46. The second-order valence-electron chi connectivity index (χ2n) is 7.46. The van der Waals surface area contributed by atoms with Gasteiger partial charge in [0, 0.05) is 12.5 Å². The molecule has 2 nitrogen and oxygen atoms in total. The average Bonchev–Trinajstić information content (AvgIpc) is 2.30. The normalized spacial score (nSPS) is 41.4. The summed E-state index contributed by atoms with van der Waals surface area (Å²) in [5.74, 6) is 4.55. The predicted octanol–water partition coefficient (Wildman–Crippen LogP) is 3.36. The number of hydrogen-bond acceptors (Lipinski definition) is 1. The Hall–Kier alpha value is -0.530. The van der Waals surface area contributed by atoms with E-state index in [0.29, 0.717) is 17.9 Å². The van der Waals surface area contributed by atoms with Crippen LogP contribution in [0.1, 0.15) is 58.8 Å². The van der Waals surface area contributed by atoms with Gasteiger partial charge >= 0.3 is 0 Å². The van der Waals surface area contributed by atoms with E-state index >= 15 is 0 Å². The molecule has 4 aliphatic carbocycles. The fourth-order valence-electron chi connectivity index (χ4n) is 4.84. The molecule has 4 rings (SSSR count). The average molecular weight is 249 g/mol. The lowest BCUT2D eigenvalue weighted by atomic mass is 9.54. The van der Waals surface area contributed by atoms with Crippen LogP contribution in [0.5, 0.6) is 0 Å². The first-order valence-electron chi connectivity index (χ1n) is 7.91. The molecule has 2 heteroatoms. The smallest absolute Gasteiger partial charge is 0.220 e. The number of hydrogen-bond donors (Lipinski definition) is 1. The summed E-state index contributed by atoms with van der Waals surface area (Å²) in [6.07, 6.45) is 8.80. The van der Waals surface area contributed by atoms with E-state index in [1.807, 2.05) is 0 Å². The van der Waals surface area contributed by atoms with E-state index in [-0.39, 0.29) is 0 Å². The maximum atomic E-state index is 12.0. The molecule has 0 saturated heterocycles. The predicted molar refractivity (Wildman–Crippen MR) is 73.0 cm³/mol. The SMILES string of the molecule is CC(C)CCC(=O)NC1C2CC3CC(C2)CC1C3. The van der Waals surface area contributed by atoms with Gasteiger partial charge in [-0.15, -0.1) is 0 Å². The summed E-state index contributed by atoms with van der Waals surface area (Å²) in [6, 6.07) is 0.525. The third kappa shape index (κ3) is 2.44. The van der Waals surface area contributed by atoms with Crippen LogP contribution in [0.2, 0.25) is 0 Å². The standard InChI is InChI=1S/C16H27NO/c1-10(2)3-4-15(18)17-16-13-6-11-5-12(8-13)9-14(16)7-11/h10-14,16H,3-9H2,1-2H3,(H,17,18). The van der Waals surface area contributed by atoms with Gasteiger partial charge in [-0.3, -0.25) is 4.79 Å². The van der Waals surface area contributed by atoms with Crippen molar-refractivity contribution in [2.45, 2.75) is 64.8 Å². The number of nitrogens with one attached hydrogen (secondary N) is 1. The van der Waals surface area contributed by atoms with Crippen molar-refractivity contribution in [3.05, 3.63) is 0 Å². The van der Waals surface area contributed by atoms with E-state index in [2.05, 4.69) is 19.2 Å². The molecule has 102 valence electrons. The zero-order valence-corrected chi connectivity index (χ0v) is 11.8. The molecule has 0 aliphatic heterocycles. The highest BCUT2D eigenvalue weighted by Crippen LogP contribution is 2.53. The first-order chi connectivity index (χ1) is 8.61. The molecule has 18 heavy (non-hydrogen) atoms. The van der Waals surface area contributed by atoms with Gasteiger partial charge in [0.05, 0.1) is 0 Å². The number of amides is 1. The van der Waals surface area contributed by atoms with E-state index < -0.39 is 0 Å². The van der Waals surface area contributed by atoms with E-state index in [4.69, 9.17) is 0 Å². The lowest BCUT2D eigenvalue weighted by Gasteiger charge is -2.54. The highest BCUT2D eigenvalue weighted by atomic mass is 16.1. The number of carbonyl (C=O) groups is 1. The fraction of sp³-hybridized carbons (Fsp3) is 0.938. The third-order valence-corrected chi connectivity index (χ3v) is 5.50. The molecule has 0 aromatic carbocycles. The lowest BCUT2D eigenvalue weighted by molar-refractivity contribution is -0.125. The zero-order chi connectivity index (χ0) is 12.7. The van der Waals surface area contributed by atoms with Crippen LogP contribution in [0.15, 0.2) is 0 Å². The Kier molecular flexibility index (Phi) is 3.38. The minimum absolute atomic E-state index is 0.307. The van der Waals surface area contributed by atoms with Crippen LogP contribution in [0, 0.1) is 29.6 Å². The maximum Gasteiger partial charge on any atom is 0.220 e. The second kappa shape index (κ2) is 4.86. The van der Waals surface area contributed by atoms with Crippen LogP contribution in [0.4, 0.5) is 0 Å². The van der Waals surface area contributed by atoms with Gasteiger partial charge in [-0.1, -0.05) is 13.8 Å². The van der Waals surface area contributed by atoms with Crippen molar-refractivity contribution in [2.24, 2.45) is 29.6 Å². The zero-order valence-electron chi connectivity index (χ0n) is 11.8. The summed E-state index contributed by atoms with van der Waals surface area (Å²) in [7, 11) is 0. The van der Waals surface area contributed by atoms with E-state index in [1.165, 1.54) is 32.1 Å². The van der Waals surface area contributed by atoms with Crippen molar-refractivity contribution in [3.63, 3.8) is 0 Å². The maximum absolute atomic E-state index is 12.0. The molecule has 0 spiro atoms. The van der Waals surface area contributed by atoms with E-state index in [0.717, 1.165) is 36.5 Å². The van der Waals surface area contributed by atoms with Gasteiger partial charge in [0.15, 0.2) is 0 Å². The van der Waals surface area contributed by atoms with Gasteiger partial charge in [0.25, 0.3) is 0 Å². The number of carbonyl (C=O) groups excluding carboxylic acids is 1. The minimum atomic E-state index is 0.307. The van der Waals surface area contributed by atoms with Crippen LogP contribution in [0.25, 0.3) is 0 Å². The molecule has 1 amide bonds. The highest BCUT2D eigenvalue weighted by Gasteiger charge is 2.48. The monoisotopic (exact) mass is 249 g/mol. The van der Waals surface area contributed by atoms with E-state index in [1.54, 1.807) is 0 Å². The Morgan fingerprint density at radius 1 is 1.06 bits per heavy atom. The van der Waals surface area contributed by atoms with Gasteiger partial charge in [-0.25, -0.2) is 0 Å². The largest absolute Gasteiger partial charge is 0.353 e. The molecule has 0 aromatic rings. The molecule has 4 fully saturated rings. The van der Waals surface area contributed by atoms with Crippen molar-refractivity contribution >= 4 is 5.91 Å². The number of rotatable bonds is 4. The van der Waals surface area contributed by atoms with Crippen molar-refractivity contribution in [1.29, 1.82) is 0 Å². The van der Waals surface area contributed by atoms with Crippen LogP contribution in [-0.2, 0) is 4.79 Å².